The van der Waals surface area contributed by atoms with Crippen molar-refractivity contribution in [3.63, 3.8) is 0 Å². The van der Waals surface area contributed by atoms with Crippen LogP contribution in [0.1, 0.15) is 42.1 Å². The van der Waals surface area contributed by atoms with E-state index < -0.39 is 5.97 Å². The number of benzene rings is 1. The second-order valence-corrected chi connectivity index (χ2v) is 9.29. The van der Waals surface area contributed by atoms with Crippen molar-refractivity contribution in [3.05, 3.63) is 57.2 Å². The number of fused-ring (bicyclic) bond motifs is 1. The van der Waals surface area contributed by atoms with E-state index in [1.54, 1.807) is 18.2 Å². The normalized spacial score (nSPS) is 17.5. The van der Waals surface area contributed by atoms with Crippen LogP contribution < -0.4 is 10.6 Å². The molecule has 6 nitrogen and oxygen atoms in total. The Morgan fingerprint density at radius 2 is 2.03 bits per heavy atom. The van der Waals surface area contributed by atoms with Gasteiger partial charge in [0.05, 0.1) is 6.42 Å². The lowest BCUT2D eigenvalue weighted by Crippen LogP contribution is -2.58. The van der Waals surface area contributed by atoms with Crippen LogP contribution in [0.2, 0.25) is 10.0 Å². The molecule has 1 atom stereocenters. The molecule has 0 amide bonds. The molecule has 0 radical (unpaired) electrons. The van der Waals surface area contributed by atoms with Gasteiger partial charge in [-0.1, -0.05) is 29.3 Å². The molecule has 3 N–H and O–H groups in total. The molecule has 3 heterocycles. The lowest BCUT2D eigenvalue weighted by Gasteiger charge is -2.41. The predicted molar refractivity (Wildman–Crippen MR) is 124 cm³/mol. The summed E-state index contributed by atoms with van der Waals surface area (Å²) in [5.41, 5.74) is 3.27. The fourth-order valence-electron chi connectivity index (χ4n) is 4.36. The van der Waals surface area contributed by atoms with Crippen LogP contribution in [-0.4, -0.2) is 53.2 Å². The van der Waals surface area contributed by atoms with Gasteiger partial charge in [-0.15, -0.1) is 0 Å². The van der Waals surface area contributed by atoms with E-state index >= 15 is 0 Å². The zero-order valence-electron chi connectivity index (χ0n) is 17.4. The van der Waals surface area contributed by atoms with Crippen LogP contribution in [0, 0.1) is 0 Å². The fraction of sp³-hybridized carbons (Fsp3) is 0.478. The van der Waals surface area contributed by atoms with E-state index in [0.29, 0.717) is 10.0 Å². The van der Waals surface area contributed by atoms with Gasteiger partial charge in [0.1, 0.15) is 5.82 Å². The van der Waals surface area contributed by atoms with Crippen molar-refractivity contribution in [1.82, 2.24) is 15.2 Å². The molecular formula is C23H28Cl2N4O2. The highest BCUT2D eigenvalue weighted by molar-refractivity contribution is 6.34. The summed E-state index contributed by atoms with van der Waals surface area (Å²) in [6.07, 6.45) is 4.30. The summed E-state index contributed by atoms with van der Waals surface area (Å²) >= 11 is 12.2. The molecule has 166 valence electrons. The van der Waals surface area contributed by atoms with E-state index in [1.165, 1.54) is 12.0 Å². The van der Waals surface area contributed by atoms with Crippen LogP contribution in [0.15, 0.2) is 30.3 Å². The third-order valence-electron chi connectivity index (χ3n) is 5.92. The minimum Gasteiger partial charge on any atom is -0.481 e. The summed E-state index contributed by atoms with van der Waals surface area (Å²) in [4.78, 5) is 18.5. The molecule has 4 rings (SSSR count). The van der Waals surface area contributed by atoms with Crippen molar-refractivity contribution in [1.29, 1.82) is 0 Å². The minimum absolute atomic E-state index is 0.00873. The Morgan fingerprint density at radius 1 is 1.26 bits per heavy atom. The monoisotopic (exact) mass is 462 g/mol. The molecule has 1 fully saturated rings. The van der Waals surface area contributed by atoms with Crippen molar-refractivity contribution < 1.29 is 9.90 Å². The Bertz CT molecular complexity index is 914. The number of carboxylic acid groups (broad SMARTS) is 1. The number of halogens is 2. The molecule has 1 saturated heterocycles. The van der Waals surface area contributed by atoms with Crippen molar-refractivity contribution in [2.24, 2.45) is 0 Å². The first-order valence-corrected chi connectivity index (χ1v) is 11.6. The summed E-state index contributed by atoms with van der Waals surface area (Å²) in [5.74, 6) is 0.208. The highest BCUT2D eigenvalue weighted by atomic mass is 35.5. The second kappa shape index (κ2) is 10.2. The molecule has 8 heteroatoms. The second-order valence-electron chi connectivity index (χ2n) is 8.42. The Labute approximate surface area is 192 Å². The van der Waals surface area contributed by atoms with E-state index in [4.69, 9.17) is 28.2 Å². The average molecular weight is 463 g/mol. The molecule has 2 aromatic rings. The van der Waals surface area contributed by atoms with E-state index in [0.717, 1.165) is 62.5 Å². The van der Waals surface area contributed by atoms with Gasteiger partial charge < -0.3 is 20.6 Å². The number of hydrogen-bond donors (Lipinski definition) is 3. The molecule has 2 aliphatic rings. The Hall–Kier alpha value is -1.86. The quantitative estimate of drug-likeness (QED) is 0.518. The number of pyridine rings is 1. The first kappa shape index (κ1) is 22.3. The number of aryl methyl sites for hydroxylation is 2. The van der Waals surface area contributed by atoms with Crippen LogP contribution in [0.4, 0.5) is 5.82 Å². The number of hydrogen-bond acceptors (Lipinski definition) is 5. The number of anilines is 1. The molecule has 0 saturated carbocycles. The molecular weight excluding hydrogens is 435 g/mol. The first-order valence-electron chi connectivity index (χ1n) is 10.8. The molecule has 1 unspecified atom stereocenters. The van der Waals surface area contributed by atoms with E-state index in [-0.39, 0.29) is 18.5 Å². The van der Waals surface area contributed by atoms with Gasteiger partial charge in [0.15, 0.2) is 0 Å². The van der Waals surface area contributed by atoms with Crippen LogP contribution in [-0.2, 0) is 17.6 Å². The third-order valence-corrected chi connectivity index (χ3v) is 6.36. The van der Waals surface area contributed by atoms with Gasteiger partial charge in [0.2, 0.25) is 0 Å². The van der Waals surface area contributed by atoms with E-state index in [2.05, 4.69) is 27.7 Å². The van der Waals surface area contributed by atoms with Gasteiger partial charge in [-0.25, -0.2) is 4.98 Å². The first-order chi connectivity index (χ1) is 15.0. The summed E-state index contributed by atoms with van der Waals surface area (Å²) in [6, 6.07) is 9.52. The van der Waals surface area contributed by atoms with Crippen molar-refractivity contribution in [2.75, 3.05) is 31.5 Å². The molecule has 0 bridgehead atoms. The smallest absolute Gasteiger partial charge is 0.305 e. The highest BCUT2D eigenvalue weighted by Gasteiger charge is 2.29. The van der Waals surface area contributed by atoms with Crippen molar-refractivity contribution in [3.8, 4) is 0 Å². The van der Waals surface area contributed by atoms with Crippen molar-refractivity contribution in [2.45, 2.75) is 44.2 Å². The Morgan fingerprint density at radius 3 is 2.77 bits per heavy atom. The van der Waals surface area contributed by atoms with Crippen LogP contribution in [0.3, 0.4) is 0 Å². The summed E-state index contributed by atoms with van der Waals surface area (Å²) < 4.78 is 0. The lowest BCUT2D eigenvalue weighted by molar-refractivity contribution is -0.137. The summed E-state index contributed by atoms with van der Waals surface area (Å²) in [7, 11) is 0. The van der Waals surface area contributed by atoms with Crippen LogP contribution in [0.5, 0.6) is 0 Å². The Kier molecular flexibility index (Phi) is 7.33. The fourth-order valence-corrected chi connectivity index (χ4v) is 4.90. The van der Waals surface area contributed by atoms with Gasteiger partial charge >= 0.3 is 5.97 Å². The zero-order chi connectivity index (χ0) is 21.8. The largest absolute Gasteiger partial charge is 0.481 e. The van der Waals surface area contributed by atoms with Crippen LogP contribution >= 0.6 is 23.2 Å². The number of nitrogens with zero attached hydrogens (tertiary/aromatic N) is 2. The zero-order valence-corrected chi connectivity index (χ0v) is 18.9. The SMILES string of the molecule is O=C(O)CC(NC1CN(CCCc2ccc3c(n2)NCCC3)C1)c1cc(Cl)cc(Cl)c1. The van der Waals surface area contributed by atoms with E-state index in [1.807, 2.05) is 0 Å². The molecule has 1 aromatic heterocycles. The minimum atomic E-state index is -0.850. The number of aromatic nitrogens is 1. The third kappa shape index (κ3) is 6.10. The number of carbonyl (C=O) groups is 1. The molecule has 2 aliphatic heterocycles. The molecule has 0 aliphatic carbocycles. The van der Waals surface area contributed by atoms with Gasteiger partial charge in [-0.05, 0) is 67.6 Å². The van der Waals surface area contributed by atoms with Gasteiger partial charge in [-0.3, -0.25) is 4.79 Å². The summed E-state index contributed by atoms with van der Waals surface area (Å²) in [6.45, 7) is 3.83. The van der Waals surface area contributed by atoms with Gasteiger partial charge in [0, 0.05) is 47.5 Å². The maximum absolute atomic E-state index is 11.3. The van der Waals surface area contributed by atoms with E-state index in [9.17, 15) is 9.90 Å². The molecule has 31 heavy (non-hydrogen) atoms. The van der Waals surface area contributed by atoms with Crippen molar-refractivity contribution >= 4 is 35.0 Å². The topological polar surface area (TPSA) is 77.5 Å². The maximum Gasteiger partial charge on any atom is 0.305 e. The average Bonchev–Trinajstić information content (AvgIpc) is 2.70. The summed E-state index contributed by atoms with van der Waals surface area (Å²) in [5, 5.41) is 17.2. The molecule has 0 spiro atoms. The Balaban J connectivity index is 1.24. The van der Waals surface area contributed by atoms with Gasteiger partial charge in [0.25, 0.3) is 0 Å². The predicted octanol–water partition coefficient (Wildman–Crippen LogP) is 4.17. The number of aliphatic carboxylic acids is 1. The lowest BCUT2D eigenvalue weighted by atomic mass is 10.00. The number of rotatable bonds is 9. The van der Waals surface area contributed by atoms with Gasteiger partial charge in [-0.2, -0.15) is 0 Å². The highest BCUT2D eigenvalue weighted by Crippen LogP contribution is 2.27. The standard InChI is InChI=1S/C23H28Cl2N4O2/c24-17-9-16(10-18(25)11-17)21(12-22(30)31)27-20-13-29(14-20)8-2-4-19-6-5-15-3-1-7-26-23(15)28-19/h5-6,9-11,20-21,27H,1-4,7-8,12-14H2,(H,26,28)(H,30,31). The molecule has 1 aromatic carbocycles. The number of nitrogens with one attached hydrogen (secondary N) is 2. The number of likely N-dealkylation sites (tertiary alicyclic amines) is 1. The maximum atomic E-state index is 11.3. The number of carboxylic acids is 1. The van der Waals surface area contributed by atoms with Crippen LogP contribution in [0.25, 0.3) is 0 Å².